The van der Waals surface area contributed by atoms with Gasteiger partial charge in [0.25, 0.3) is 5.69 Å². The predicted octanol–water partition coefficient (Wildman–Crippen LogP) is 2.90. The van der Waals surface area contributed by atoms with E-state index in [1.54, 1.807) is 0 Å². The number of nitrogens with two attached hydrogens (primary N) is 1. The Morgan fingerprint density at radius 2 is 2.09 bits per heavy atom. The zero-order valence-corrected chi connectivity index (χ0v) is 12.7. The number of pyridine rings is 1. The summed E-state index contributed by atoms with van der Waals surface area (Å²) in [4.78, 5) is 37.8. The number of hydrogen-bond donors (Lipinski definition) is 2. The highest BCUT2D eigenvalue weighted by atomic mass is 35.5. The first kappa shape index (κ1) is 16.0. The number of nitro benzene ring substituents is 1. The lowest BCUT2D eigenvalue weighted by Gasteiger charge is -2.09. The van der Waals surface area contributed by atoms with E-state index in [0.29, 0.717) is 0 Å². The van der Waals surface area contributed by atoms with Crippen molar-refractivity contribution in [2.45, 2.75) is 20.3 Å². The molecule has 8 heteroatoms. The first-order valence-electron chi connectivity index (χ1n) is 6.55. The number of aromatic nitrogens is 1. The zero-order chi connectivity index (χ0) is 16.6. The largest absolute Gasteiger partial charge is 0.385 e. The van der Waals surface area contributed by atoms with Gasteiger partial charge < -0.3 is 10.7 Å². The number of H-pyrrole nitrogens is 1. The molecule has 1 aromatic heterocycles. The Morgan fingerprint density at radius 1 is 1.45 bits per heavy atom. The van der Waals surface area contributed by atoms with Crippen molar-refractivity contribution < 1.29 is 9.72 Å². The zero-order valence-electron chi connectivity index (χ0n) is 12.0. The van der Waals surface area contributed by atoms with Crippen LogP contribution >= 0.6 is 11.6 Å². The van der Waals surface area contributed by atoms with E-state index >= 15 is 0 Å². The van der Waals surface area contributed by atoms with Gasteiger partial charge in [-0.15, -0.1) is 0 Å². The standard InChI is InChI=1S/C14H14ClN3O4/c1-6(2)5-9(19)11-13(20)10-8(18(21)22)4-3-7(15)12(10)17-14(11)16/h3-4,6H,5H2,1-2H3,(H3,16,17,20). The van der Waals surface area contributed by atoms with Crippen LogP contribution in [0.25, 0.3) is 10.9 Å². The summed E-state index contributed by atoms with van der Waals surface area (Å²) in [6.45, 7) is 3.64. The fourth-order valence-electron chi connectivity index (χ4n) is 2.26. The van der Waals surface area contributed by atoms with Gasteiger partial charge in [0, 0.05) is 12.5 Å². The van der Waals surface area contributed by atoms with Crippen LogP contribution in [0.15, 0.2) is 16.9 Å². The molecule has 0 atom stereocenters. The Morgan fingerprint density at radius 3 is 2.64 bits per heavy atom. The minimum atomic E-state index is -0.772. The number of ketones is 1. The van der Waals surface area contributed by atoms with E-state index in [9.17, 15) is 19.7 Å². The lowest BCUT2D eigenvalue weighted by molar-refractivity contribution is -0.383. The van der Waals surface area contributed by atoms with E-state index in [0.717, 1.165) is 6.07 Å². The molecular weight excluding hydrogens is 310 g/mol. The van der Waals surface area contributed by atoms with Crippen LogP contribution in [-0.4, -0.2) is 15.7 Å². The summed E-state index contributed by atoms with van der Waals surface area (Å²) < 4.78 is 0. The van der Waals surface area contributed by atoms with E-state index in [4.69, 9.17) is 17.3 Å². The first-order chi connectivity index (χ1) is 10.2. The normalized spacial score (nSPS) is 11.1. The second-order valence-electron chi connectivity index (χ2n) is 5.34. The minimum absolute atomic E-state index is 0.0244. The van der Waals surface area contributed by atoms with Gasteiger partial charge in [-0.25, -0.2) is 0 Å². The average Bonchev–Trinajstić information content (AvgIpc) is 2.38. The van der Waals surface area contributed by atoms with Crippen LogP contribution in [0, 0.1) is 16.0 Å². The molecule has 0 saturated heterocycles. The highest BCUT2D eigenvalue weighted by molar-refractivity contribution is 6.35. The van der Waals surface area contributed by atoms with Crippen molar-refractivity contribution in [1.29, 1.82) is 0 Å². The Labute approximate surface area is 130 Å². The van der Waals surface area contributed by atoms with Crippen molar-refractivity contribution in [1.82, 2.24) is 4.98 Å². The van der Waals surface area contributed by atoms with Gasteiger partial charge in [-0.3, -0.25) is 19.7 Å². The molecule has 1 heterocycles. The SMILES string of the molecule is CC(C)CC(=O)c1c(N)[nH]c2c(Cl)ccc([N+](=O)[O-])c2c1=O. The van der Waals surface area contributed by atoms with E-state index in [1.807, 2.05) is 13.8 Å². The molecule has 3 N–H and O–H groups in total. The van der Waals surface area contributed by atoms with Crippen molar-refractivity contribution in [2.75, 3.05) is 5.73 Å². The highest BCUT2D eigenvalue weighted by Crippen LogP contribution is 2.29. The first-order valence-corrected chi connectivity index (χ1v) is 6.93. The number of nitrogen functional groups attached to an aromatic ring is 1. The molecule has 0 saturated carbocycles. The maximum Gasteiger partial charge on any atom is 0.282 e. The molecule has 1 aromatic carbocycles. The van der Waals surface area contributed by atoms with Crippen LogP contribution in [0.3, 0.4) is 0 Å². The molecule has 0 spiro atoms. The molecule has 22 heavy (non-hydrogen) atoms. The van der Waals surface area contributed by atoms with Gasteiger partial charge in [0.1, 0.15) is 16.8 Å². The van der Waals surface area contributed by atoms with Crippen LogP contribution in [0.1, 0.15) is 30.6 Å². The number of Topliss-reactive ketones (excluding diaryl/α,β-unsaturated/α-hetero) is 1. The third kappa shape index (κ3) is 2.67. The Balaban J connectivity index is 2.87. The van der Waals surface area contributed by atoms with Crippen molar-refractivity contribution in [2.24, 2.45) is 5.92 Å². The third-order valence-corrected chi connectivity index (χ3v) is 3.50. The maximum atomic E-state index is 12.6. The summed E-state index contributed by atoms with van der Waals surface area (Å²) in [5.74, 6) is -0.563. The number of nitrogens with one attached hydrogen (secondary N) is 1. The minimum Gasteiger partial charge on any atom is -0.385 e. The molecule has 7 nitrogen and oxygen atoms in total. The molecule has 0 radical (unpaired) electrons. The van der Waals surface area contributed by atoms with Crippen molar-refractivity contribution in [3.8, 4) is 0 Å². The number of aromatic amines is 1. The summed E-state index contributed by atoms with van der Waals surface area (Å²) in [6.07, 6.45) is 0.118. The van der Waals surface area contributed by atoms with Crippen LogP contribution in [-0.2, 0) is 0 Å². The number of anilines is 1. The molecule has 2 aromatic rings. The van der Waals surface area contributed by atoms with Gasteiger partial charge in [-0.1, -0.05) is 25.4 Å². The van der Waals surface area contributed by atoms with E-state index in [1.165, 1.54) is 6.07 Å². The molecule has 0 amide bonds. The molecule has 0 aliphatic carbocycles. The van der Waals surface area contributed by atoms with E-state index in [2.05, 4.69) is 4.98 Å². The Bertz CT molecular complexity index is 842. The quantitative estimate of drug-likeness (QED) is 0.509. The molecule has 0 fully saturated rings. The fourth-order valence-corrected chi connectivity index (χ4v) is 2.47. The van der Waals surface area contributed by atoms with Gasteiger partial charge >= 0.3 is 0 Å². The second kappa shape index (κ2) is 5.76. The number of halogens is 1. The van der Waals surface area contributed by atoms with Gasteiger partial charge in [0.05, 0.1) is 15.5 Å². The number of fused-ring (bicyclic) bond motifs is 1. The van der Waals surface area contributed by atoms with Gasteiger partial charge in [-0.2, -0.15) is 0 Å². The third-order valence-electron chi connectivity index (χ3n) is 3.18. The lowest BCUT2D eigenvalue weighted by atomic mass is 9.99. The fraction of sp³-hybridized carbons (Fsp3) is 0.286. The van der Waals surface area contributed by atoms with Gasteiger partial charge in [0.15, 0.2) is 5.78 Å². The van der Waals surface area contributed by atoms with E-state index in [-0.39, 0.29) is 39.6 Å². The summed E-state index contributed by atoms with van der Waals surface area (Å²) in [5.41, 5.74) is 4.36. The monoisotopic (exact) mass is 323 g/mol. The Kier molecular flexibility index (Phi) is 4.18. The van der Waals surface area contributed by atoms with E-state index < -0.39 is 21.8 Å². The molecule has 0 bridgehead atoms. The highest BCUT2D eigenvalue weighted by Gasteiger charge is 2.24. The number of carbonyl (C=O) groups is 1. The average molecular weight is 324 g/mol. The lowest BCUT2D eigenvalue weighted by Crippen LogP contribution is -2.21. The van der Waals surface area contributed by atoms with Crippen LogP contribution in [0.2, 0.25) is 5.02 Å². The maximum absolute atomic E-state index is 12.6. The van der Waals surface area contributed by atoms with Crippen molar-refractivity contribution in [3.05, 3.63) is 43.1 Å². The van der Waals surface area contributed by atoms with Crippen LogP contribution < -0.4 is 11.2 Å². The summed E-state index contributed by atoms with van der Waals surface area (Å²) in [6, 6.07) is 2.43. The molecule has 0 unspecified atom stereocenters. The van der Waals surface area contributed by atoms with Crippen LogP contribution in [0.5, 0.6) is 0 Å². The van der Waals surface area contributed by atoms with Crippen molar-refractivity contribution in [3.63, 3.8) is 0 Å². The molecule has 0 aliphatic rings. The van der Waals surface area contributed by atoms with Gasteiger partial charge in [0.2, 0.25) is 5.43 Å². The number of non-ortho nitro benzene ring substituents is 1. The number of carbonyl (C=O) groups excluding carboxylic acids is 1. The van der Waals surface area contributed by atoms with Crippen molar-refractivity contribution >= 4 is 39.8 Å². The summed E-state index contributed by atoms with van der Waals surface area (Å²) >= 11 is 5.96. The second-order valence-corrected chi connectivity index (χ2v) is 5.74. The molecule has 0 aliphatic heterocycles. The topological polar surface area (TPSA) is 119 Å². The molecule has 2 rings (SSSR count). The summed E-state index contributed by atoms with van der Waals surface area (Å²) in [5, 5.41) is 11.0. The smallest absolute Gasteiger partial charge is 0.282 e. The molecular formula is C14H14ClN3O4. The van der Waals surface area contributed by atoms with Gasteiger partial charge in [-0.05, 0) is 12.0 Å². The number of hydrogen-bond acceptors (Lipinski definition) is 5. The number of nitrogens with zero attached hydrogens (tertiary/aromatic N) is 1. The molecule has 116 valence electrons. The number of rotatable bonds is 4. The number of benzene rings is 1. The Hall–Kier alpha value is -2.41. The summed E-state index contributed by atoms with van der Waals surface area (Å²) in [7, 11) is 0. The predicted molar refractivity (Wildman–Crippen MR) is 84.4 cm³/mol. The van der Waals surface area contributed by atoms with Crippen LogP contribution in [0.4, 0.5) is 11.5 Å². The number of nitro groups is 1.